The Balaban J connectivity index is 1.80. The van der Waals surface area contributed by atoms with Crippen LogP contribution in [0.1, 0.15) is 30.5 Å². The van der Waals surface area contributed by atoms with E-state index in [2.05, 4.69) is 5.32 Å². The van der Waals surface area contributed by atoms with Crippen LogP contribution in [0.5, 0.6) is 5.75 Å². The van der Waals surface area contributed by atoms with Crippen molar-refractivity contribution in [2.24, 2.45) is 0 Å². The standard InChI is InChI=1S/C35H38ClN3O5S/c1-4-37-35(41)33(23-27-12-7-6-8-13-27)38(24-28-14-10-9-11-26(28)3)34(40)25-39(30-17-19-31(20-18-30)44-5-2)45(42,43)32-21-15-29(36)16-22-32/h6-22,33H,4-5,23-25H2,1-3H3,(H,37,41)/t33-/m1/s1. The molecule has 236 valence electrons. The van der Waals surface area contributed by atoms with Crippen molar-refractivity contribution in [3.05, 3.63) is 125 Å². The Morgan fingerprint density at radius 2 is 1.51 bits per heavy atom. The highest BCUT2D eigenvalue weighted by molar-refractivity contribution is 7.92. The summed E-state index contributed by atoms with van der Waals surface area (Å²) in [7, 11) is -4.23. The molecule has 0 heterocycles. The van der Waals surface area contributed by atoms with Gasteiger partial charge in [-0.05, 0) is 86.0 Å². The molecule has 0 aliphatic carbocycles. The van der Waals surface area contributed by atoms with Crippen molar-refractivity contribution in [2.75, 3.05) is 24.0 Å². The number of ether oxygens (including phenoxy) is 1. The number of hydrogen-bond donors (Lipinski definition) is 1. The van der Waals surface area contributed by atoms with Gasteiger partial charge in [-0.1, -0.05) is 66.2 Å². The van der Waals surface area contributed by atoms with Crippen LogP contribution < -0.4 is 14.4 Å². The molecule has 0 saturated carbocycles. The first kappa shape index (κ1) is 33.6. The molecule has 0 fully saturated rings. The van der Waals surface area contributed by atoms with E-state index in [-0.39, 0.29) is 29.5 Å². The lowest BCUT2D eigenvalue weighted by Gasteiger charge is -2.34. The Labute approximate surface area is 270 Å². The fourth-order valence-corrected chi connectivity index (χ4v) is 6.49. The Bertz CT molecular complexity index is 1680. The first-order valence-corrected chi connectivity index (χ1v) is 16.6. The Hall–Kier alpha value is -4.34. The number of halogens is 1. The number of nitrogens with zero attached hydrogens (tertiary/aromatic N) is 2. The molecule has 0 unspecified atom stereocenters. The van der Waals surface area contributed by atoms with E-state index >= 15 is 0 Å². The minimum absolute atomic E-state index is 0.0244. The van der Waals surface area contributed by atoms with Gasteiger partial charge in [-0.3, -0.25) is 13.9 Å². The van der Waals surface area contributed by atoms with Crippen LogP contribution in [-0.4, -0.2) is 50.9 Å². The first-order valence-electron chi connectivity index (χ1n) is 14.8. The molecule has 4 aromatic carbocycles. The minimum Gasteiger partial charge on any atom is -0.494 e. The molecule has 2 amide bonds. The lowest BCUT2D eigenvalue weighted by Crippen LogP contribution is -2.53. The van der Waals surface area contributed by atoms with Gasteiger partial charge in [-0.2, -0.15) is 0 Å². The number of carbonyl (C=O) groups excluding carboxylic acids is 2. The summed E-state index contributed by atoms with van der Waals surface area (Å²) in [6.07, 6.45) is 0.247. The number of hydrogen-bond acceptors (Lipinski definition) is 5. The summed E-state index contributed by atoms with van der Waals surface area (Å²) in [4.78, 5) is 29.5. The fraction of sp³-hybridized carbons (Fsp3) is 0.257. The van der Waals surface area contributed by atoms with Gasteiger partial charge in [-0.15, -0.1) is 0 Å². The second kappa shape index (κ2) is 15.6. The van der Waals surface area contributed by atoms with Crippen molar-refractivity contribution >= 4 is 39.1 Å². The molecule has 0 bridgehead atoms. The molecular weight excluding hydrogens is 610 g/mol. The largest absolute Gasteiger partial charge is 0.494 e. The molecule has 10 heteroatoms. The maximum atomic E-state index is 14.5. The lowest BCUT2D eigenvalue weighted by molar-refractivity contribution is -0.140. The van der Waals surface area contributed by atoms with E-state index in [1.807, 2.05) is 75.4 Å². The second-order valence-corrected chi connectivity index (χ2v) is 12.7. The summed E-state index contributed by atoms with van der Waals surface area (Å²) in [6, 6.07) is 28.5. The van der Waals surface area contributed by atoms with E-state index in [4.69, 9.17) is 16.3 Å². The van der Waals surface area contributed by atoms with Crippen molar-refractivity contribution in [2.45, 2.75) is 44.7 Å². The molecule has 4 aromatic rings. The Kier molecular flexibility index (Phi) is 11.6. The third-order valence-electron chi connectivity index (χ3n) is 7.34. The van der Waals surface area contributed by atoms with Gasteiger partial charge in [0.15, 0.2) is 0 Å². The Morgan fingerprint density at radius 1 is 0.867 bits per heavy atom. The molecule has 4 rings (SSSR count). The normalized spacial score (nSPS) is 11.8. The molecule has 0 radical (unpaired) electrons. The summed E-state index contributed by atoms with van der Waals surface area (Å²) < 4.78 is 34.9. The van der Waals surface area contributed by atoms with Gasteiger partial charge in [0.25, 0.3) is 10.0 Å². The van der Waals surface area contributed by atoms with Crippen molar-refractivity contribution in [1.82, 2.24) is 10.2 Å². The third-order valence-corrected chi connectivity index (χ3v) is 9.38. The van der Waals surface area contributed by atoms with Gasteiger partial charge in [0.05, 0.1) is 17.2 Å². The van der Waals surface area contributed by atoms with E-state index in [1.165, 1.54) is 29.2 Å². The average Bonchev–Trinajstić information content (AvgIpc) is 3.03. The van der Waals surface area contributed by atoms with Crippen LogP contribution in [0.3, 0.4) is 0 Å². The smallest absolute Gasteiger partial charge is 0.264 e. The Morgan fingerprint density at radius 3 is 2.13 bits per heavy atom. The number of sulfonamides is 1. The monoisotopic (exact) mass is 647 g/mol. The number of likely N-dealkylation sites (N-methyl/N-ethyl adjacent to an activating group) is 1. The number of nitrogens with one attached hydrogen (secondary N) is 1. The third kappa shape index (κ3) is 8.65. The highest BCUT2D eigenvalue weighted by atomic mass is 35.5. The lowest BCUT2D eigenvalue weighted by atomic mass is 10.0. The van der Waals surface area contributed by atoms with E-state index in [0.717, 1.165) is 21.0 Å². The second-order valence-electron chi connectivity index (χ2n) is 10.4. The molecule has 0 aromatic heterocycles. The molecular formula is C35H38ClN3O5S. The van der Waals surface area contributed by atoms with Gasteiger partial charge < -0.3 is 15.0 Å². The number of anilines is 1. The molecule has 0 spiro atoms. The molecule has 8 nitrogen and oxygen atoms in total. The molecule has 45 heavy (non-hydrogen) atoms. The van der Waals surface area contributed by atoms with Crippen molar-refractivity contribution in [1.29, 1.82) is 0 Å². The summed E-state index contributed by atoms with van der Waals surface area (Å²) in [5.74, 6) is -0.287. The number of rotatable bonds is 14. The van der Waals surface area contributed by atoms with Gasteiger partial charge >= 0.3 is 0 Å². The van der Waals surface area contributed by atoms with Gasteiger partial charge in [0, 0.05) is 24.5 Å². The van der Waals surface area contributed by atoms with Crippen LogP contribution >= 0.6 is 11.6 Å². The van der Waals surface area contributed by atoms with Gasteiger partial charge in [-0.25, -0.2) is 8.42 Å². The predicted molar refractivity (Wildman–Crippen MR) is 178 cm³/mol. The summed E-state index contributed by atoms with van der Waals surface area (Å²) >= 11 is 6.06. The van der Waals surface area contributed by atoms with Crippen LogP contribution in [0, 0.1) is 6.92 Å². The topological polar surface area (TPSA) is 96.0 Å². The number of carbonyl (C=O) groups is 2. The van der Waals surface area contributed by atoms with Crippen LogP contribution in [0.2, 0.25) is 5.02 Å². The van der Waals surface area contributed by atoms with Crippen LogP contribution in [0.25, 0.3) is 0 Å². The number of amides is 2. The molecule has 0 aliphatic rings. The highest BCUT2D eigenvalue weighted by Gasteiger charge is 2.34. The summed E-state index contributed by atoms with van der Waals surface area (Å²) in [5, 5.41) is 3.26. The van der Waals surface area contributed by atoms with E-state index in [9.17, 15) is 18.0 Å². The summed E-state index contributed by atoms with van der Waals surface area (Å²) in [5.41, 5.74) is 2.94. The van der Waals surface area contributed by atoms with Crippen LogP contribution in [-0.2, 0) is 32.6 Å². The molecule has 0 saturated heterocycles. The maximum Gasteiger partial charge on any atom is 0.264 e. The zero-order valence-electron chi connectivity index (χ0n) is 25.6. The first-order chi connectivity index (χ1) is 21.6. The highest BCUT2D eigenvalue weighted by Crippen LogP contribution is 2.28. The van der Waals surface area contributed by atoms with E-state index in [1.54, 1.807) is 24.3 Å². The minimum atomic E-state index is -4.23. The SMILES string of the molecule is CCNC(=O)[C@@H](Cc1ccccc1)N(Cc1ccccc1C)C(=O)CN(c1ccc(OCC)cc1)S(=O)(=O)c1ccc(Cl)cc1. The quantitative estimate of drug-likeness (QED) is 0.181. The summed E-state index contributed by atoms with van der Waals surface area (Å²) in [6.45, 7) is 5.99. The number of aryl methyl sites for hydroxylation is 1. The van der Waals surface area contributed by atoms with E-state index < -0.39 is 28.5 Å². The van der Waals surface area contributed by atoms with Crippen molar-refractivity contribution in [3.63, 3.8) is 0 Å². The maximum absolute atomic E-state index is 14.5. The predicted octanol–water partition coefficient (Wildman–Crippen LogP) is 6.02. The average molecular weight is 648 g/mol. The van der Waals surface area contributed by atoms with Crippen molar-refractivity contribution < 1.29 is 22.7 Å². The fourth-order valence-electron chi connectivity index (χ4n) is 4.95. The van der Waals surface area contributed by atoms with E-state index in [0.29, 0.717) is 23.9 Å². The van der Waals surface area contributed by atoms with Gasteiger partial charge in [0.2, 0.25) is 11.8 Å². The zero-order valence-corrected chi connectivity index (χ0v) is 27.2. The van der Waals surface area contributed by atoms with Crippen molar-refractivity contribution in [3.8, 4) is 5.75 Å². The van der Waals surface area contributed by atoms with Gasteiger partial charge in [0.1, 0.15) is 18.3 Å². The zero-order chi connectivity index (χ0) is 32.4. The molecule has 0 aliphatic heterocycles. The van der Waals surface area contributed by atoms with Crippen LogP contribution in [0.15, 0.2) is 108 Å². The number of benzene rings is 4. The molecule has 1 atom stereocenters. The molecule has 1 N–H and O–H groups in total. The van der Waals surface area contributed by atoms with Crippen LogP contribution in [0.4, 0.5) is 5.69 Å².